The second-order valence-electron chi connectivity index (χ2n) is 9.37. The quantitative estimate of drug-likeness (QED) is 0.144. The number of ether oxygens (including phenoxy) is 2. The summed E-state index contributed by atoms with van der Waals surface area (Å²) in [5, 5.41) is 0. The molecule has 0 heterocycles. The highest BCUT2D eigenvalue weighted by atomic mass is 16.7. The van der Waals surface area contributed by atoms with Crippen molar-refractivity contribution in [3.63, 3.8) is 0 Å². The van der Waals surface area contributed by atoms with Gasteiger partial charge in [0.05, 0.1) is 13.2 Å². The number of hydrogen-bond acceptors (Lipinski definition) is 3. The molecule has 34 heavy (non-hydrogen) atoms. The van der Waals surface area contributed by atoms with Crippen LogP contribution in [-0.2, 0) is 22.3 Å². The molecule has 0 atom stereocenters. The lowest BCUT2D eigenvalue weighted by molar-refractivity contribution is 0.0529. The predicted molar refractivity (Wildman–Crippen MR) is 142 cm³/mol. The minimum atomic E-state index is -0.498. The predicted octanol–water partition coefficient (Wildman–Crippen LogP) is 9.09. The van der Waals surface area contributed by atoms with Gasteiger partial charge in [0.2, 0.25) is 0 Å². The molecular formula is C31H46O3. The van der Waals surface area contributed by atoms with Crippen LogP contribution in [0.4, 0.5) is 4.79 Å². The lowest BCUT2D eigenvalue weighted by Crippen LogP contribution is -2.09. The highest BCUT2D eigenvalue weighted by molar-refractivity contribution is 5.59. The minimum absolute atomic E-state index is 0.482. The second kappa shape index (κ2) is 20.1. The summed E-state index contributed by atoms with van der Waals surface area (Å²) in [5.74, 6) is 0. The number of aryl methyl sites for hydroxylation is 2. The van der Waals surface area contributed by atoms with Crippen LogP contribution in [0.3, 0.4) is 0 Å². The molecule has 0 fully saturated rings. The lowest BCUT2D eigenvalue weighted by atomic mass is 10.0. The average Bonchev–Trinajstić information content (AvgIpc) is 2.87. The molecule has 2 rings (SSSR count). The normalized spacial score (nSPS) is 10.8. The Morgan fingerprint density at radius 1 is 0.441 bits per heavy atom. The van der Waals surface area contributed by atoms with Crippen LogP contribution in [0.25, 0.3) is 0 Å². The highest BCUT2D eigenvalue weighted by Crippen LogP contribution is 2.12. The topological polar surface area (TPSA) is 35.5 Å². The summed E-state index contributed by atoms with van der Waals surface area (Å²) < 4.78 is 10.4. The Labute approximate surface area is 208 Å². The van der Waals surface area contributed by atoms with Gasteiger partial charge < -0.3 is 9.47 Å². The molecule has 3 heteroatoms. The summed E-state index contributed by atoms with van der Waals surface area (Å²) in [4.78, 5) is 11.6. The smallest absolute Gasteiger partial charge is 0.434 e. The molecule has 2 aromatic carbocycles. The zero-order chi connectivity index (χ0) is 23.9. The van der Waals surface area contributed by atoms with Crippen LogP contribution in [0, 0.1) is 0 Å². The van der Waals surface area contributed by atoms with Crippen LogP contribution < -0.4 is 0 Å². The SMILES string of the molecule is O=C(OCCCCCCCCCc1ccccc1)OCCCCCCCCCc1ccccc1. The maximum atomic E-state index is 11.6. The molecule has 0 amide bonds. The van der Waals surface area contributed by atoms with E-state index in [1.54, 1.807) is 0 Å². The van der Waals surface area contributed by atoms with Crippen molar-refractivity contribution in [1.82, 2.24) is 0 Å². The van der Waals surface area contributed by atoms with Crippen molar-refractivity contribution in [2.24, 2.45) is 0 Å². The van der Waals surface area contributed by atoms with Gasteiger partial charge in [0, 0.05) is 0 Å². The fourth-order valence-corrected chi connectivity index (χ4v) is 4.27. The molecule has 0 aromatic heterocycles. The molecular weight excluding hydrogens is 420 g/mol. The molecule has 0 spiro atoms. The van der Waals surface area contributed by atoms with Crippen molar-refractivity contribution in [2.45, 2.75) is 103 Å². The van der Waals surface area contributed by atoms with E-state index in [4.69, 9.17) is 9.47 Å². The van der Waals surface area contributed by atoms with E-state index in [-0.39, 0.29) is 0 Å². The van der Waals surface area contributed by atoms with Gasteiger partial charge >= 0.3 is 6.16 Å². The van der Waals surface area contributed by atoms with Crippen molar-refractivity contribution in [2.75, 3.05) is 13.2 Å². The first kappa shape index (κ1) is 28.0. The fraction of sp³-hybridized carbons (Fsp3) is 0.581. The minimum Gasteiger partial charge on any atom is -0.434 e. The zero-order valence-electron chi connectivity index (χ0n) is 21.2. The van der Waals surface area contributed by atoms with E-state index in [0.717, 1.165) is 25.7 Å². The molecule has 2 aromatic rings. The van der Waals surface area contributed by atoms with Gasteiger partial charge in [-0.15, -0.1) is 0 Å². The number of unbranched alkanes of at least 4 members (excludes halogenated alkanes) is 12. The number of rotatable bonds is 20. The lowest BCUT2D eigenvalue weighted by Gasteiger charge is -2.07. The summed E-state index contributed by atoms with van der Waals surface area (Å²) in [5.41, 5.74) is 2.88. The molecule has 0 bridgehead atoms. The van der Waals surface area contributed by atoms with E-state index in [9.17, 15) is 4.79 Å². The maximum Gasteiger partial charge on any atom is 0.508 e. The molecule has 0 saturated heterocycles. The first-order valence-electron chi connectivity index (χ1n) is 13.7. The summed E-state index contributed by atoms with van der Waals surface area (Å²) in [6, 6.07) is 21.4. The molecule has 0 radical (unpaired) electrons. The van der Waals surface area contributed by atoms with Crippen LogP contribution >= 0.6 is 0 Å². The standard InChI is InChI=1S/C31H46O3/c32-31(33-27-19-9-5-1-3-7-13-21-29-23-15-11-16-24-29)34-28-20-10-6-2-4-8-14-22-30-25-17-12-18-26-30/h11-12,15-18,23-26H,1-10,13-14,19-22,27-28H2. The van der Waals surface area contributed by atoms with E-state index < -0.39 is 6.16 Å². The molecule has 0 N–H and O–H groups in total. The van der Waals surface area contributed by atoms with Gasteiger partial charge in [0.15, 0.2) is 0 Å². The van der Waals surface area contributed by atoms with E-state index in [2.05, 4.69) is 60.7 Å². The van der Waals surface area contributed by atoms with Gasteiger partial charge in [-0.3, -0.25) is 0 Å². The maximum absolute atomic E-state index is 11.6. The first-order chi connectivity index (χ1) is 16.8. The second-order valence-corrected chi connectivity index (χ2v) is 9.37. The van der Waals surface area contributed by atoms with E-state index in [0.29, 0.717) is 13.2 Å². The summed E-state index contributed by atoms with van der Waals surface area (Å²) >= 11 is 0. The average molecular weight is 467 g/mol. The summed E-state index contributed by atoms with van der Waals surface area (Å²) in [7, 11) is 0. The van der Waals surface area contributed by atoms with E-state index >= 15 is 0 Å². The van der Waals surface area contributed by atoms with Gasteiger partial charge in [-0.2, -0.15) is 0 Å². The van der Waals surface area contributed by atoms with Gasteiger partial charge in [0.1, 0.15) is 0 Å². The monoisotopic (exact) mass is 466 g/mol. The number of hydrogen-bond donors (Lipinski definition) is 0. The molecule has 188 valence electrons. The van der Waals surface area contributed by atoms with Crippen molar-refractivity contribution >= 4 is 6.16 Å². The van der Waals surface area contributed by atoms with E-state index in [1.807, 2.05) is 0 Å². The fourth-order valence-electron chi connectivity index (χ4n) is 4.27. The molecule has 0 aliphatic rings. The summed E-state index contributed by atoms with van der Waals surface area (Å²) in [6.07, 6.45) is 18.7. The summed E-state index contributed by atoms with van der Waals surface area (Å²) in [6.45, 7) is 0.964. The van der Waals surface area contributed by atoms with Crippen molar-refractivity contribution in [3.8, 4) is 0 Å². The first-order valence-corrected chi connectivity index (χ1v) is 13.7. The molecule has 0 unspecified atom stereocenters. The zero-order valence-corrected chi connectivity index (χ0v) is 21.2. The number of carbonyl (C=O) groups is 1. The third-order valence-corrected chi connectivity index (χ3v) is 6.35. The van der Waals surface area contributed by atoms with E-state index in [1.165, 1.54) is 88.2 Å². The Kier molecular flexibility index (Phi) is 16.5. The van der Waals surface area contributed by atoms with Crippen molar-refractivity contribution < 1.29 is 14.3 Å². The van der Waals surface area contributed by atoms with Gasteiger partial charge in [-0.25, -0.2) is 4.79 Å². The van der Waals surface area contributed by atoms with Gasteiger partial charge in [-0.1, -0.05) is 125 Å². The van der Waals surface area contributed by atoms with Crippen molar-refractivity contribution in [1.29, 1.82) is 0 Å². The Morgan fingerprint density at radius 2 is 0.765 bits per heavy atom. The Bertz CT molecular complexity index is 652. The van der Waals surface area contributed by atoms with Crippen LogP contribution in [0.1, 0.15) is 101 Å². The Balaban J connectivity index is 1.25. The van der Waals surface area contributed by atoms with Crippen molar-refractivity contribution in [3.05, 3.63) is 71.8 Å². The van der Waals surface area contributed by atoms with Crippen LogP contribution in [-0.4, -0.2) is 19.4 Å². The third-order valence-electron chi connectivity index (χ3n) is 6.35. The number of benzene rings is 2. The molecule has 0 saturated carbocycles. The number of carbonyl (C=O) groups excluding carboxylic acids is 1. The largest absolute Gasteiger partial charge is 0.508 e. The molecule has 3 nitrogen and oxygen atoms in total. The third kappa shape index (κ3) is 15.5. The van der Waals surface area contributed by atoms with Gasteiger partial charge in [0.25, 0.3) is 0 Å². The van der Waals surface area contributed by atoms with Crippen LogP contribution in [0.15, 0.2) is 60.7 Å². The molecule has 0 aliphatic carbocycles. The van der Waals surface area contributed by atoms with Crippen LogP contribution in [0.5, 0.6) is 0 Å². The highest BCUT2D eigenvalue weighted by Gasteiger charge is 2.03. The van der Waals surface area contributed by atoms with Gasteiger partial charge in [-0.05, 0) is 49.7 Å². The Morgan fingerprint density at radius 3 is 1.15 bits per heavy atom. The van der Waals surface area contributed by atoms with Crippen LogP contribution in [0.2, 0.25) is 0 Å². The molecule has 0 aliphatic heterocycles. The Hall–Kier alpha value is -2.29.